The second-order valence-corrected chi connectivity index (χ2v) is 6.27. The number of nitrogens with zero attached hydrogens (tertiary/aromatic N) is 2. The Morgan fingerprint density at radius 2 is 1.96 bits per heavy atom. The SMILES string of the molecule is CCC(C)C(=O)Nc1cccc(CNC(=NC)NCCn2cccc2)c1. The van der Waals surface area contributed by atoms with E-state index in [1.807, 2.05) is 62.6 Å². The first-order chi connectivity index (χ1) is 12.6. The van der Waals surface area contributed by atoms with Gasteiger partial charge in [0.05, 0.1) is 0 Å². The van der Waals surface area contributed by atoms with Crippen molar-refractivity contribution >= 4 is 17.6 Å². The van der Waals surface area contributed by atoms with Crippen molar-refractivity contribution in [2.45, 2.75) is 33.4 Å². The third-order valence-corrected chi connectivity index (χ3v) is 4.27. The van der Waals surface area contributed by atoms with E-state index < -0.39 is 0 Å². The number of amides is 1. The van der Waals surface area contributed by atoms with Crippen LogP contribution in [0.25, 0.3) is 0 Å². The van der Waals surface area contributed by atoms with Crippen LogP contribution >= 0.6 is 0 Å². The first-order valence-corrected chi connectivity index (χ1v) is 9.07. The average Bonchev–Trinajstić information content (AvgIpc) is 3.17. The third-order valence-electron chi connectivity index (χ3n) is 4.27. The summed E-state index contributed by atoms with van der Waals surface area (Å²) in [5.41, 5.74) is 1.91. The van der Waals surface area contributed by atoms with Crippen molar-refractivity contribution in [3.63, 3.8) is 0 Å². The highest BCUT2D eigenvalue weighted by atomic mass is 16.1. The number of aliphatic imine (C=N–C) groups is 1. The molecule has 1 aromatic carbocycles. The zero-order chi connectivity index (χ0) is 18.8. The first kappa shape index (κ1) is 19.6. The minimum Gasteiger partial charge on any atom is -0.355 e. The molecule has 1 aromatic heterocycles. The molecule has 6 heteroatoms. The van der Waals surface area contributed by atoms with E-state index in [9.17, 15) is 4.79 Å². The Morgan fingerprint density at radius 3 is 2.65 bits per heavy atom. The maximum atomic E-state index is 12.0. The normalized spacial score (nSPS) is 12.5. The smallest absolute Gasteiger partial charge is 0.227 e. The first-order valence-electron chi connectivity index (χ1n) is 9.07. The minimum absolute atomic E-state index is 0.0140. The summed E-state index contributed by atoms with van der Waals surface area (Å²) in [4.78, 5) is 16.3. The zero-order valence-electron chi connectivity index (χ0n) is 15.8. The number of nitrogens with one attached hydrogen (secondary N) is 3. The van der Waals surface area contributed by atoms with Gasteiger partial charge in [-0.2, -0.15) is 0 Å². The molecular weight excluding hydrogens is 326 g/mol. The van der Waals surface area contributed by atoms with Gasteiger partial charge in [0, 0.05) is 50.7 Å². The summed E-state index contributed by atoms with van der Waals surface area (Å²) in [5.74, 6) is 0.825. The number of carbonyl (C=O) groups is 1. The van der Waals surface area contributed by atoms with Crippen molar-refractivity contribution in [3.05, 3.63) is 54.4 Å². The van der Waals surface area contributed by atoms with Gasteiger partial charge in [0.15, 0.2) is 5.96 Å². The van der Waals surface area contributed by atoms with Crippen LogP contribution in [0.3, 0.4) is 0 Å². The molecule has 2 aromatic rings. The van der Waals surface area contributed by atoms with E-state index in [2.05, 4.69) is 25.5 Å². The molecule has 0 spiro atoms. The molecule has 0 fully saturated rings. The van der Waals surface area contributed by atoms with Crippen molar-refractivity contribution < 1.29 is 4.79 Å². The molecule has 1 unspecified atom stereocenters. The topological polar surface area (TPSA) is 70.4 Å². The van der Waals surface area contributed by atoms with Crippen molar-refractivity contribution in [2.75, 3.05) is 18.9 Å². The molecule has 0 saturated carbocycles. The summed E-state index contributed by atoms with van der Waals surface area (Å²) >= 11 is 0. The molecule has 2 rings (SSSR count). The molecule has 0 bridgehead atoms. The van der Waals surface area contributed by atoms with Crippen LogP contribution in [0.1, 0.15) is 25.8 Å². The summed E-state index contributed by atoms with van der Waals surface area (Å²) in [6.45, 7) is 6.25. The monoisotopic (exact) mass is 355 g/mol. The molecule has 0 aliphatic rings. The minimum atomic E-state index is 0.0140. The maximum Gasteiger partial charge on any atom is 0.227 e. The van der Waals surface area contributed by atoms with Crippen molar-refractivity contribution in [3.8, 4) is 0 Å². The number of carbonyl (C=O) groups excluding carboxylic acids is 1. The second kappa shape index (κ2) is 10.3. The Bertz CT molecular complexity index is 709. The summed E-state index contributed by atoms with van der Waals surface area (Å²) < 4.78 is 2.11. The van der Waals surface area contributed by atoms with Gasteiger partial charge in [-0.3, -0.25) is 9.79 Å². The van der Waals surface area contributed by atoms with Gasteiger partial charge >= 0.3 is 0 Å². The van der Waals surface area contributed by atoms with Crippen LogP contribution in [0.4, 0.5) is 5.69 Å². The largest absolute Gasteiger partial charge is 0.355 e. The lowest BCUT2D eigenvalue weighted by Gasteiger charge is -2.14. The molecule has 0 saturated heterocycles. The fourth-order valence-corrected chi connectivity index (χ4v) is 2.44. The van der Waals surface area contributed by atoms with E-state index >= 15 is 0 Å². The molecule has 140 valence electrons. The van der Waals surface area contributed by atoms with Crippen LogP contribution in [0.2, 0.25) is 0 Å². The number of hydrogen-bond acceptors (Lipinski definition) is 2. The predicted octanol–water partition coefficient (Wildman–Crippen LogP) is 2.84. The van der Waals surface area contributed by atoms with Crippen LogP contribution in [0.15, 0.2) is 53.8 Å². The third kappa shape index (κ3) is 6.27. The molecule has 0 radical (unpaired) electrons. The van der Waals surface area contributed by atoms with Gasteiger partial charge in [-0.25, -0.2) is 0 Å². The van der Waals surface area contributed by atoms with Gasteiger partial charge in [-0.1, -0.05) is 26.0 Å². The van der Waals surface area contributed by atoms with Gasteiger partial charge < -0.3 is 20.5 Å². The van der Waals surface area contributed by atoms with E-state index in [0.29, 0.717) is 6.54 Å². The molecular formula is C20H29N5O. The molecule has 6 nitrogen and oxygen atoms in total. The average molecular weight is 355 g/mol. The quantitative estimate of drug-likeness (QED) is 0.504. The van der Waals surface area contributed by atoms with Crippen LogP contribution < -0.4 is 16.0 Å². The van der Waals surface area contributed by atoms with E-state index in [4.69, 9.17) is 0 Å². The Morgan fingerprint density at radius 1 is 1.19 bits per heavy atom. The number of hydrogen-bond donors (Lipinski definition) is 3. The van der Waals surface area contributed by atoms with Crippen LogP contribution in [0.5, 0.6) is 0 Å². The fourth-order valence-electron chi connectivity index (χ4n) is 2.44. The molecule has 1 amide bonds. The maximum absolute atomic E-state index is 12.0. The summed E-state index contributed by atoms with van der Waals surface area (Å²) in [6, 6.07) is 11.9. The standard InChI is InChI=1S/C20H29N5O/c1-4-16(2)19(26)24-18-9-7-8-17(14-18)15-23-20(21-3)22-10-13-25-11-5-6-12-25/h5-9,11-12,14,16H,4,10,13,15H2,1-3H3,(H,24,26)(H2,21,22,23). The lowest BCUT2D eigenvalue weighted by molar-refractivity contribution is -0.119. The van der Waals surface area contributed by atoms with Gasteiger partial charge in [0.25, 0.3) is 0 Å². The second-order valence-electron chi connectivity index (χ2n) is 6.27. The van der Waals surface area contributed by atoms with E-state index in [1.54, 1.807) is 7.05 Å². The van der Waals surface area contributed by atoms with Crippen LogP contribution in [-0.2, 0) is 17.9 Å². The molecule has 1 heterocycles. The molecule has 0 aliphatic carbocycles. The van der Waals surface area contributed by atoms with Crippen molar-refractivity contribution in [1.82, 2.24) is 15.2 Å². The Hall–Kier alpha value is -2.76. The predicted molar refractivity (Wildman–Crippen MR) is 107 cm³/mol. The van der Waals surface area contributed by atoms with Gasteiger partial charge in [-0.15, -0.1) is 0 Å². The number of anilines is 1. The zero-order valence-corrected chi connectivity index (χ0v) is 15.8. The summed E-state index contributed by atoms with van der Waals surface area (Å²) in [7, 11) is 1.76. The Labute approximate surface area is 155 Å². The highest BCUT2D eigenvalue weighted by molar-refractivity contribution is 5.92. The van der Waals surface area contributed by atoms with Crippen LogP contribution in [0, 0.1) is 5.92 Å². The number of benzene rings is 1. The molecule has 0 aliphatic heterocycles. The molecule has 26 heavy (non-hydrogen) atoms. The summed E-state index contributed by atoms with van der Waals surface area (Å²) in [6.07, 6.45) is 4.91. The van der Waals surface area contributed by atoms with E-state index in [1.165, 1.54) is 0 Å². The summed E-state index contributed by atoms with van der Waals surface area (Å²) in [5, 5.41) is 9.56. The van der Waals surface area contributed by atoms with Gasteiger partial charge in [0.2, 0.25) is 5.91 Å². The Balaban J connectivity index is 1.81. The number of guanidine groups is 1. The van der Waals surface area contributed by atoms with E-state index in [0.717, 1.165) is 36.7 Å². The number of rotatable bonds is 8. The van der Waals surface area contributed by atoms with Gasteiger partial charge in [-0.05, 0) is 36.2 Å². The van der Waals surface area contributed by atoms with Gasteiger partial charge in [0.1, 0.15) is 0 Å². The highest BCUT2D eigenvalue weighted by Gasteiger charge is 2.10. The molecule has 1 atom stereocenters. The lowest BCUT2D eigenvalue weighted by Crippen LogP contribution is -2.38. The van der Waals surface area contributed by atoms with Crippen LogP contribution in [-0.4, -0.2) is 30.0 Å². The van der Waals surface area contributed by atoms with Crippen molar-refractivity contribution in [2.24, 2.45) is 10.9 Å². The highest BCUT2D eigenvalue weighted by Crippen LogP contribution is 2.13. The lowest BCUT2D eigenvalue weighted by atomic mass is 10.1. The molecule has 3 N–H and O–H groups in total. The van der Waals surface area contributed by atoms with Crippen molar-refractivity contribution in [1.29, 1.82) is 0 Å². The fraction of sp³-hybridized carbons (Fsp3) is 0.400. The number of aromatic nitrogens is 1. The van der Waals surface area contributed by atoms with E-state index in [-0.39, 0.29) is 11.8 Å². The Kier molecular flexibility index (Phi) is 7.74.